The van der Waals surface area contributed by atoms with Crippen LogP contribution in [0.25, 0.3) is 11.1 Å². The number of rotatable bonds is 1. The fraction of sp³-hybridized carbons (Fsp3) is 0.143. The lowest BCUT2D eigenvalue weighted by Crippen LogP contribution is -1.87. The third kappa shape index (κ3) is 1.63. The zero-order chi connectivity index (χ0) is 11.7. The standard InChI is InChI=1S/C14H14O2/c1-9-5-3-6-11(10(9)2)12-7-4-8-13(15)14(12)16/h3-8,15-16H,1-2H3. The van der Waals surface area contributed by atoms with E-state index in [-0.39, 0.29) is 11.5 Å². The van der Waals surface area contributed by atoms with Crippen LogP contribution in [-0.4, -0.2) is 10.2 Å². The maximum atomic E-state index is 9.82. The second kappa shape index (κ2) is 3.89. The second-order valence-corrected chi connectivity index (χ2v) is 3.92. The quantitative estimate of drug-likeness (QED) is 0.714. The first-order valence-corrected chi connectivity index (χ1v) is 5.19. The van der Waals surface area contributed by atoms with Crippen LogP contribution in [0.3, 0.4) is 0 Å². The number of benzene rings is 2. The van der Waals surface area contributed by atoms with Gasteiger partial charge in [0.1, 0.15) is 0 Å². The number of aromatic hydroxyl groups is 2. The van der Waals surface area contributed by atoms with Crippen LogP contribution in [0.15, 0.2) is 36.4 Å². The molecule has 82 valence electrons. The third-order valence-corrected chi connectivity index (χ3v) is 2.91. The maximum absolute atomic E-state index is 9.82. The molecule has 0 saturated carbocycles. The molecule has 2 nitrogen and oxygen atoms in total. The largest absolute Gasteiger partial charge is 0.504 e. The highest BCUT2D eigenvalue weighted by Crippen LogP contribution is 2.37. The highest BCUT2D eigenvalue weighted by Gasteiger charge is 2.10. The van der Waals surface area contributed by atoms with Crippen molar-refractivity contribution in [3.8, 4) is 22.6 Å². The molecular weight excluding hydrogens is 200 g/mol. The van der Waals surface area contributed by atoms with E-state index < -0.39 is 0 Å². The lowest BCUT2D eigenvalue weighted by Gasteiger charge is -2.10. The molecule has 0 unspecified atom stereocenters. The van der Waals surface area contributed by atoms with Crippen LogP contribution in [0, 0.1) is 13.8 Å². The molecular formula is C14H14O2. The Labute approximate surface area is 94.8 Å². The van der Waals surface area contributed by atoms with E-state index in [1.807, 2.05) is 32.0 Å². The number of para-hydroxylation sites is 1. The molecule has 2 aromatic carbocycles. The fourth-order valence-corrected chi connectivity index (χ4v) is 1.79. The van der Waals surface area contributed by atoms with Gasteiger partial charge in [-0.1, -0.05) is 30.3 Å². The van der Waals surface area contributed by atoms with Crippen LogP contribution in [0.2, 0.25) is 0 Å². The maximum Gasteiger partial charge on any atom is 0.165 e. The molecule has 0 spiro atoms. The fourth-order valence-electron chi connectivity index (χ4n) is 1.79. The van der Waals surface area contributed by atoms with Gasteiger partial charge < -0.3 is 10.2 Å². The summed E-state index contributed by atoms with van der Waals surface area (Å²) in [4.78, 5) is 0. The van der Waals surface area contributed by atoms with Gasteiger partial charge in [-0.15, -0.1) is 0 Å². The summed E-state index contributed by atoms with van der Waals surface area (Å²) in [6, 6.07) is 10.9. The van der Waals surface area contributed by atoms with Crippen LogP contribution < -0.4 is 0 Å². The number of phenols is 2. The number of hydrogen-bond acceptors (Lipinski definition) is 2. The molecule has 0 aliphatic carbocycles. The van der Waals surface area contributed by atoms with Crippen molar-refractivity contribution in [2.45, 2.75) is 13.8 Å². The van der Waals surface area contributed by atoms with Gasteiger partial charge in [0.25, 0.3) is 0 Å². The summed E-state index contributed by atoms with van der Waals surface area (Å²) in [6.45, 7) is 4.03. The molecule has 0 bridgehead atoms. The highest BCUT2D eigenvalue weighted by atomic mass is 16.3. The predicted molar refractivity (Wildman–Crippen MR) is 64.7 cm³/mol. The number of phenolic OH excluding ortho intramolecular Hbond substituents is 2. The monoisotopic (exact) mass is 214 g/mol. The van der Waals surface area contributed by atoms with Gasteiger partial charge >= 0.3 is 0 Å². The minimum Gasteiger partial charge on any atom is -0.504 e. The third-order valence-electron chi connectivity index (χ3n) is 2.91. The van der Waals surface area contributed by atoms with Crippen molar-refractivity contribution in [1.82, 2.24) is 0 Å². The first-order valence-electron chi connectivity index (χ1n) is 5.19. The molecule has 0 radical (unpaired) electrons. The first-order chi connectivity index (χ1) is 7.61. The summed E-state index contributed by atoms with van der Waals surface area (Å²) in [6.07, 6.45) is 0. The average molecular weight is 214 g/mol. The molecule has 0 fully saturated rings. The molecule has 16 heavy (non-hydrogen) atoms. The summed E-state index contributed by atoms with van der Waals surface area (Å²) < 4.78 is 0. The normalized spacial score (nSPS) is 10.4. The van der Waals surface area contributed by atoms with Crippen molar-refractivity contribution < 1.29 is 10.2 Å². The molecule has 0 saturated heterocycles. The van der Waals surface area contributed by atoms with Crippen LogP contribution in [0.5, 0.6) is 11.5 Å². The minimum absolute atomic E-state index is 0.0591. The molecule has 0 aromatic heterocycles. The summed E-state index contributed by atoms with van der Waals surface area (Å²) >= 11 is 0. The smallest absolute Gasteiger partial charge is 0.165 e. The minimum atomic E-state index is -0.0848. The molecule has 2 heteroatoms. The highest BCUT2D eigenvalue weighted by molar-refractivity contribution is 5.76. The Kier molecular flexibility index (Phi) is 2.57. The average Bonchev–Trinajstić information content (AvgIpc) is 2.27. The van der Waals surface area contributed by atoms with Crippen molar-refractivity contribution in [3.63, 3.8) is 0 Å². The summed E-state index contributed by atoms with van der Waals surface area (Å²) in [5.74, 6) is -0.144. The predicted octanol–water partition coefficient (Wildman–Crippen LogP) is 3.38. The SMILES string of the molecule is Cc1cccc(-c2cccc(O)c2O)c1C. The lowest BCUT2D eigenvalue weighted by atomic mass is 9.96. The Morgan fingerprint density at radius 1 is 0.812 bits per heavy atom. The van der Waals surface area contributed by atoms with Crippen molar-refractivity contribution in [2.24, 2.45) is 0 Å². The molecule has 0 aliphatic heterocycles. The van der Waals surface area contributed by atoms with Crippen molar-refractivity contribution in [1.29, 1.82) is 0 Å². The van der Waals surface area contributed by atoms with Crippen molar-refractivity contribution in [3.05, 3.63) is 47.5 Å². The molecule has 0 amide bonds. The Bertz CT molecular complexity index is 481. The topological polar surface area (TPSA) is 40.5 Å². The van der Waals surface area contributed by atoms with Crippen molar-refractivity contribution >= 4 is 0 Å². The van der Waals surface area contributed by atoms with Gasteiger partial charge in [-0.05, 0) is 36.6 Å². The molecule has 2 N–H and O–H groups in total. The van der Waals surface area contributed by atoms with E-state index in [0.29, 0.717) is 5.56 Å². The Morgan fingerprint density at radius 3 is 2.19 bits per heavy atom. The second-order valence-electron chi connectivity index (χ2n) is 3.92. The van der Waals surface area contributed by atoms with Gasteiger partial charge in [0.2, 0.25) is 0 Å². The van der Waals surface area contributed by atoms with E-state index in [4.69, 9.17) is 0 Å². The zero-order valence-electron chi connectivity index (χ0n) is 9.36. The molecule has 0 heterocycles. The van der Waals surface area contributed by atoms with E-state index in [0.717, 1.165) is 11.1 Å². The van der Waals surface area contributed by atoms with Gasteiger partial charge in [-0.2, -0.15) is 0 Å². The van der Waals surface area contributed by atoms with Crippen LogP contribution in [0.4, 0.5) is 0 Å². The van der Waals surface area contributed by atoms with Gasteiger partial charge in [0, 0.05) is 5.56 Å². The van der Waals surface area contributed by atoms with Gasteiger partial charge in [-0.3, -0.25) is 0 Å². The number of hydrogen-bond donors (Lipinski definition) is 2. The molecule has 2 aromatic rings. The van der Waals surface area contributed by atoms with Crippen molar-refractivity contribution in [2.75, 3.05) is 0 Å². The van der Waals surface area contributed by atoms with E-state index >= 15 is 0 Å². The Hall–Kier alpha value is -1.96. The van der Waals surface area contributed by atoms with E-state index in [2.05, 4.69) is 0 Å². The van der Waals surface area contributed by atoms with Gasteiger partial charge in [0.05, 0.1) is 0 Å². The summed E-state index contributed by atoms with van der Waals surface area (Å²) in [7, 11) is 0. The molecule has 0 atom stereocenters. The summed E-state index contributed by atoms with van der Waals surface area (Å²) in [5, 5.41) is 19.3. The van der Waals surface area contributed by atoms with Gasteiger partial charge in [0.15, 0.2) is 11.5 Å². The zero-order valence-corrected chi connectivity index (χ0v) is 9.36. The Morgan fingerprint density at radius 2 is 1.44 bits per heavy atom. The first kappa shape index (κ1) is 10.6. The van der Waals surface area contributed by atoms with E-state index in [9.17, 15) is 10.2 Å². The summed E-state index contributed by atoms with van der Waals surface area (Å²) in [5.41, 5.74) is 3.90. The van der Waals surface area contributed by atoms with Crippen LogP contribution >= 0.6 is 0 Å². The molecule has 2 rings (SSSR count). The molecule has 0 aliphatic rings. The van der Waals surface area contributed by atoms with E-state index in [1.54, 1.807) is 12.1 Å². The van der Waals surface area contributed by atoms with E-state index in [1.165, 1.54) is 11.6 Å². The Balaban J connectivity index is 2.68. The van der Waals surface area contributed by atoms with Crippen LogP contribution in [0.1, 0.15) is 11.1 Å². The van der Waals surface area contributed by atoms with Crippen LogP contribution in [-0.2, 0) is 0 Å². The van der Waals surface area contributed by atoms with Gasteiger partial charge in [-0.25, -0.2) is 0 Å². The number of aryl methyl sites for hydroxylation is 1. The lowest BCUT2D eigenvalue weighted by molar-refractivity contribution is 0.405.